The van der Waals surface area contributed by atoms with E-state index in [0.717, 1.165) is 36.2 Å². The minimum atomic E-state index is -0.638. The molecular weight excluding hydrogens is 433 g/mol. The molecule has 0 N–H and O–H groups in total. The number of carbonyl (C=O) groups is 2. The second-order valence-electron chi connectivity index (χ2n) is 12.6. The van der Waals surface area contributed by atoms with Crippen LogP contribution in [0.25, 0.3) is 0 Å². The number of amides is 1. The average molecular weight is 472 g/mol. The van der Waals surface area contributed by atoms with E-state index in [1.54, 1.807) is 26.8 Å². The minimum Gasteiger partial charge on any atom is -0.493 e. The molecule has 34 heavy (non-hydrogen) atoms. The molecule has 1 aromatic rings. The van der Waals surface area contributed by atoms with E-state index in [4.69, 9.17) is 9.47 Å². The molecule has 0 atom stereocenters. The maximum Gasteiger partial charge on any atom is 0.326 e. The molecule has 5 aliphatic carbocycles. The van der Waals surface area contributed by atoms with Crippen molar-refractivity contribution in [2.45, 2.75) is 83.7 Å². The van der Waals surface area contributed by atoms with Gasteiger partial charge in [-0.05, 0) is 107 Å². The second kappa shape index (κ2) is 8.53. The summed E-state index contributed by atoms with van der Waals surface area (Å²) in [6.07, 6.45) is 9.94. The Kier molecular flexibility index (Phi) is 5.92. The van der Waals surface area contributed by atoms with Crippen LogP contribution < -0.4 is 4.74 Å². The van der Waals surface area contributed by atoms with Crippen LogP contribution in [-0.2, 0) is 9.53 Å². The van der Waals surface area contributed by atoms with E-state index in [2.05, 4.69) is 0 Å². The first-order valence-corrected chi connectivity index (χ1v) is 12.9. The summed E-state index contributed by atoms with van der Waals surface area (Å²) >= 11 is 0. The summed E-state index contributed by atoms with van der Waals surface area (Å²) < 4.78 is 26.9. The maximum atomic E-state index is 15.2. The number of benzene rings is 1. The first-order chi connectivity index (χ1) is 16.0. The van der Waals surface area contributed by atoms with Crippen molar-refractivity contribution in [2.75, 3.05) is 20.2 Å². The van der Waals surface area contributed by atoms with Gasteiger partial charge in [0.05, 0.1) is 12.2 Å². The van der Waals surface area contributed by atoms with Crippen molar-refractivity contribution in [3.63, 3.8) is 0 Å². The van der Waals surface area contributed by atoms with Crippen LogP contribution in [-0.4, -0.2) is 42.6 Å². The van der Waals surface area contributed by atoms with Gasteiger partial charge in [0.2, 0.25) is 0 Å². The lowest BCUT2D eigenvalue weighted by Gasteiger charge is -2.56. The molecule has 186 valence electrons. The lowest BCUT2D eigenvalue weighted by molar-refractivity contribution is -0.155. The number of esters is 1. The van der Waals surface area contributed by atoms with Crippen LogP contribution in [0.15, 0.2) is 12.1 Å². The Hall–Kier alpha value is -2.11. The highest BCUT2D eigenvalue weighted by atomic mass is 19.1. The fourth-order valence-electron chi connectivity index (χ4n) is 7.12. The molecule has 5 nitrogen and oxygen atoms in total. The van der Waals surface area contributed by atoms with Crippen molar-refractivity contribution in [3.8, 4) is 5.75 Å². The molecule has 0 aliphatic heterocycles. The minimum absolute atomic E-state index is 0.00452. The molecule has 1 aromatic carbocycles. The normalized spacial score (nSPS) is 29.7. The summed E-state index contributed by atoms with van der Waals surface area (Å²) in [5.74, 6) is 1.82. The van der Waals surface area contributed by atoms with Gasteiger partial charge >= 0.3 is 5.97 Å². The van der Waals surface area contributed by atoms with E-state index in [1.165, 1.54) is 56.5 Å². The maximum absolute atomic E-state index is 15.2. The van der Waals surface area contributed by atoms with E-state index >= 15 is 4.39 Å². The molecule has 0 saturated heterocycles. The number of carbonyl (C=O) groups excluding carboxylic acids is 2. The van der Waals surface area contributed by atoms with Gasteiger partial charge in [0, 0.05) is 18.5 Å². The van der Waals surface area contributed by atoms with E-state index in [-0.39, 0.29) is 17.5 Å². The number of hydrogen-bond donors (Lipinski definition) is 0. The molecule has 0 radical (unpaired) electrons. The fraction of sp³-hybridized carbons (Fsp3) is 0.714. The van der Waals surface area contributed by atoms with Crippen molar-refractivity contribution in [1.82, 2.24) is 4.90 Å². The van der Waals surface area contributed by atoms with Crippen molar-refractivity contribution >= 4 is 11.9 Å². The van der Waals surface area contributed by atoms with Crippen molar-refractivity contribution in [1.29, 1.82) is 0 Å². The van der Waals surface area contributed by atoms with E-state index in [0.29, 0.717) is 18.3 Å². The summed E-state index contributed by atoms with van der Waals surface area (Å²) in [6, 6.07) is 3.07. The van der Waals surface area contributed by atoms with Crippen LogP contribution in [0.5, 0.6) is 5.75 Å². The van der Waals surface area contributed by atoms with Crippen molar-refractivity contribution in [3.05, 3.63) is 29.1 Å². The molecule has 0 heterocycles. The smallest absolute Gasteiger partial charge is 0.326 e. The third kappa shape index (κ3) is 4.96. The van der Waals surface area contributed by atoms with Crippen LogP contribution in [0, 0.1) is 29.0 Å². The topological polar surface area (TPSA) is 55.8 Å². The van der Waals surface area contributed by atoms with Crippen LogP contribution in [0.3, 0.4) is 0 Å². The van der Waals surface area contributed by atoms with Gasteiger partial charge in [-0.1, -0.05) is 0 Å². The molecule has 4 bridgehead atoms. The second-order valence-corrected chi connectivity index (χ2v) is 12.6. The Labute approximate surface area is 202 Å². The quantitative estimate of drug-likeness (QED) is 0.478. The third-order valence-corrected chi connectivity index (χ3v) is 8.18. The molecule has 0 unspecified atom stereocenters. The Bertz CT molecular complexity index is 942. The van der Waals surface area contributed by atoms with Gasteiger partial charge in [-0.2, -0.15) is 0 Å². The highest BCUT2D eigenvalue weighted by molar-refractivity contribution is 5.96. The lowest BCUT2D eigenvalue weighted by Crippen LogP contribution is -2.48. The highest BCUT2D eigenvalue weighted by Gasteiger charge is 2.51. The molecule has 0 aromatic heterocycles. The first kappa shape index (κ1) is 23.6. The van der Waals surface area contributed by atoms with Crippen LogP contribution in [0.4, 0.5) is 4.39 Å². The summed E-state index contributed by atoms with van der Waals surface area (Å²) in [7, 11) is 1.50. The van der Waals surface area contributed by atoms with Crippen LogP contribution >= 0.6 is 0 Å². The van der Waals surface area contributed by atoms with Crippen molar-refractivity contribution < 1.29 is 23.5 Å². The number of hydrogen-bond acceptors (Lipinski definition) is 4. The zero-order valence-corrected chi connectivity index (χ0v) is 21.0. The summed E-state index contributed by atoms with van der Waals surface area (Å²) in [5.41, 5.74) is 0.533. The average Bonchev–Trinajstić information content (AvgIpc) is 3.54. The van der Waals surface area contributed by atoms with Gasteiger partial charge in [-0.15, -0.1) is 0 Å². The largest absolute Gasteiger partial charge is 0.493 e. The number of ether oxygens (including phenoxy) is 2. The standard InChI is InChI=1S/C28H38FNO4/c1-27(2,3)34-25(31)15-30(4)26(32)22-10-21(20-5-6-20)24(11-23(22)29)33-16-28-12-17-7-18(13-28)9-19(8-17)14-28/h10-11,17-20H,5-9,12-16H2,1-4H3. The summed E-state index contributed by atoms with van der Waals surface area (Å²) in [4.78, 5) is 26.4. The Morgan fingerprint density at radius 3 is 2.18 bits per heavy atom. The van der Waals surface area contributed by atoms with Crippen LogP contribution in [0.1, 0.15) is 94.0 Å². The highest BCUT2D eigenvalue weighted by Crippen LogP contribution is 2.60. The van der Waals surface area contributed by atoms with E-state index in [9.17, 15) is 9.59 Å². The van der Waals surface area contributed by atoms with Gasteiger partial charge in [0.1, 0.15) is 23.7 Å². The number of rotatable bonds is 7. The van der Waals surface area contributed by atoms with Crippen LogP contribution in [0.2, 0.25) is 0 Å². The molecule has 5 fully saturated rings. The molecule has 5 saturated carbocycles. The molecular formula is C28H38FNO4. The zero-order chi connectivity index (χ0) is 24.3. The predicted molar refractivity (Wildman–Crippen MR) is 127 cm³/mol. The fourth-order valence-corrected chi connectivity index (χ4v) is 7.12. The van der Waals surface area contributed by atoms with E-state index < -0.39 is 23.3 Å². The Morgan fingerprint density at radius 2 is 1.65 bits per heavy atom. The first-order valence-electron chi connectivity index (χ1n) is 12.9. The number of halogens is 1. The van der Waals surface area contributed by atoms with Gasteiger partial charge in [0.25, 0.3) is 5.91 Å². The SMILES string of the molecule is CN(CC(=O)OC(C)(C)C)C(=O)c1cc(C2CC2)c(OCC23CC4CC(CC(C4)C2)C3)cc1F. The monoisotopic (exact) mass is 471 g/mol. The third-order valence-electron chi connectivity index (χ3n) is 8.18. The van der Waals surface area contributed by atoms with Gasteiger partial charge in [-0.3, -0.25) is 9.59 Å². The predicted octanol–water partition coefficient (Wildman–Crippen LogP) is 5.71. The Morgan fingerprint density at radius 1 is 1.06 bits per heavy atom. The van der Waals surface area contributed by atoms with Gasteiger partial charge in [-0.25, -0.2) is 4.39 Å². The van der Waals surface area contributed by atoms with Gasteiger partial charge < -0.3 is 14.4 Å². The summed E-state index contributed by atoms with van der Waals surface area (Å²) in [6.45, 7) is 5.75. The molecule has 6 heteroatoms. The van der Waals surface area contributed by atoms with Crippen molar-refractivity contribution in [2.24, 2.45) is 23.2 Å². The number of nitrogens with zero attached hydrogens (tertiary/aromatic N) is 1. The Balaban J connectivity index is 1.30. The lowest BCUT2D eigenvalue weighted by atomic mass is 9.50. The molecule has 1 amide bonds. The molecule has 0 spiro atoms. The van der Waals surface area contributed by atoms with Gasteiger partial charge in [0.15, 0.2) is 0 Å². The molecule has 6 rings (SSSR count). The summed E-state index contributed by atoms with van der Waals surface area (Å²) in [5, 5.41) is 0. The number of likely N-dealkylation sites (N-methyl/N-ethyl adjacent to an activating group) is 1. The zero-order valence-electron chi connectivity index (χ0n) is 21.0. The molecule has 5 aliphatic rings. The van der Waals surface area contributed by atoms with E-state index in [1.807, 2.05) is 0 Å².